The van der Waals surface area contributed by atoms with Crippen LogP contribution in [-0.4, -0.2) is 13.1 Å². The van der Waals surface area contributed by atoms with Crippen LogP contribution in [0.2, 0.25) is 0 Å². The zero-order chi connectivity index (χ0) is 7.45. The molecule has 1 N–H and O–H groups in total. The first-order chi connectivity index (χ1) is 4.83. The maximum absolute atomic E-state index is 8.67. The Hall–Kier alpha value is -0.550. The van der Waals surface area contributed by atoms with Crippen molar-refractivity contribution in [3.63, 3.8) is 0 Å². The van der Waals surface area contributed by atoms with Gasteiger partial charge >= 0.3 is 0 Å². The normalized spacial score (nSPS) is 20.0. The Morgan fingerprint density at radius 3 is 2.70 bits per heavy atom. The molecule has 0 aliphatic heterocycles. The number of nitrogens with zero attached hydrogens (tertiary/aromatic N) is 1. The zero-order valence-electron chi connectivity index (χ0n) is 6.48. The molecule has 1 rings (SSSR count). The Kier molecular flexibility index (Phi) is 2.29. The molecule has 56 valence electrons. The number of hydrogen-bond donors (Lipinski definition) is 1. The molecule has 0 bridgehead atoms. The van der Waals surface area contributed by atoms with Gasteiger partial charge in [0.15, 0.2) is 0 Å². The van der Waals surface area contributed by atoms with E-state index >= 15 is 0 Å². The topological polar surface area (TPSA) is 35.8 Å². The van der Waals surface area contributed by atoms with Crippen LogP contribution < -0.4 is 5.32 Å². The fraction of sp³-hybridized carbons (Fsp3) is 0.875. The van der Waals surface area contributed by atoms with Gasteiger partial charge in [0, 0.05) is 6.54 Å². The molecule has 1 aliphatic rings. The van der Waals surface area contributed by atoms with Crippen molar-refractivity contribution in [3.8, 4) is 6.07 Å². The van der Waals surface area contributed by atoms with Gasteiger partial charge in [-0.3, -0.25) is 0 Å². The second-order valence-corrected chi connectivity index (χ2v) is 3.07. The van der Waals surface area contributed by atoms with Crippen LogP contribution in [0.1, 0.15) is 26.2 Å². The summed E-state index contributed by atoms with van der Waals surface area (Å²) in [5, 5.41) is 11.9. The fourth-order valence-electron chi connectivity index (χ4n) is 0.983. The summed E-state index contributed by atoms with van der Waals surface area (Å²) in [7, 11) is 0. The molecule has 1 aliphatic carbocycles. The van der Waals surface area contributed by atoms with E-state index in [0.29, 0.717) is 0 Å². The first-order valence-electron chi connectivity index (χ1n) is 3.95. The van der Waals surface area contributed by atoms with E-state index in [-0.39, 0.29) is 5.41 Å². The number of rotatable bonds is 4. The van der Waals surface area contributed by atoms with Crippen LogP contribution in [0.3, 0.4) is 0 Å². The lowest BCUT2D eigenvalue weighted by Gasteiger charge is -2.05. The molecule has 0 heterocycles. The van der Waals surface area contributed by atoms with Gasteiger partial charge in [-0.1, -0.05) is 6.92 Å². The molecule has 0 aromatic heterocycles. The smallest absolute Gasteiger partial charge is 0.0703 e. The van der Waals surface area contributed by atoms with Crippen LogP contribution >= 0.6 is 0 Å². The van der Waals surface area contributed by atoms with Gasteiger partial charge in [0.1, 0.15) is 0 Å². The summed E-state index contributed by atoms with van der Waals surface area (Å²) in [5.74, 6) is 0. The van der Waals surface area contributed by atoms with Crippen molar-refractivity contribution >= 4 is 0 Å². The molecule has 0 spiro atoms. The number of nitriles is 1. The third-order valence-electron chi connectivity index (χ3n) is 1.98. The van der Waals surface area contributed by atoms with Crippen molar-refractivity contribution in [2.24, 2.45) is 5.41 Å². The van der Waals surface area contributed by atoms with E-state index in [1.165, 1.54) is 0 Å². The predicted molar refractivity (Wildman–Crippen MR) is 40.4 cm³/mol. The van der Waals surface area contributed by atoms with Gasteiger partial charge in [0.2, 0.25) is 0 Å². The van der Waals surface area contributed by atoms with Gasteiger partial charge in [0.05, 0.1) is 11.5 Å². The van der Waals surface area contributed by atoms with Crippen LogP contribution in [-0.2, 0) is 0 Å². The van der Waals surface area contributed by atoms with Gasteiger partial charge in [0.25, 0.3) is 0 Å². The van der Waals surface area contributed by atoms with E-state index in [1.807, 2.05) is 0 Å². The first-order valence-corrected chi connectivity index (χ1v) is 3.95. The third kappa shape index (κ3) is 1.71. The lowest BCUT2D eigenvalue weighted by Crippen LogP contribution is -2.23. The third-order valence-corrected chi connectivity index (χ3v) is 1.98. The van der Waals surface area contributed by atoms with Crippen LogP contribution in [0.5, 0.6) is 0 Å². The predicted octanol–water partition coefficient (Wildman–Crippen LogP) is 1.29. The van der Waals surface area contributed by atoms with Gasteiger partial charge in [-0.2, -0.15) is 5.26 Å². The van der Waals surface area contributed by atoms with Crippen LogP contribution in [0.15, 0.2) is 0 Å². The van der Waals surface area contributed by atoms with Gasteiger partial charge in [-0.25, -0.2) is 0 Å². The molecular formula is C8H14N2. The minimum Gasteiger partial charge on any atom is -0.315 e. The van der Waals surface area contributed by atoms with E-state index in [1.54, 1.807) is 0 Å². The molecule has 1 saturated carbocycles. The molecule has 2 heteroatoms. The van der Waals surface area contributed by atoms with Crippen molar-refractivity contribution in [2.75, 3.05) is 13.1 Å². The average molecular weight is 138 g/mol. The van der Waals surface area contributed by atoms with Gasteiger partial charge in [-0.05, 0) is 25.8 Å². The van der Waals surface area contributed by atoms with E-state index in [0.717, 1.165) is 32.4 Å². The highest BCUT2D eigenvalue weighted by molar-refractivity contribution is 5.10. The van der Waals surface area contributed by atoms with Crippen molar-refractivity contribution in [2.45, 2.75) is 26.2 Å². The molecule has 0 aromatic rings. The van der Waals surface area contributed by atoms with Crippen LogP contribution in [0.4, 0.5) is 0 Å². The first kappa shape index (κ1) is 7.56. The Labute approximate surface area is 62.2 Å². The van der Waals surface area contributed by atoms with Crippen LogP contribution in [0.25, 0.3) is 0 Å². The minimum absolute atomic E-state index is 0.0369. The Bertz CT molecular complexity index is 142. The largest absolute Gasteiger partial charge is 0.315 e. The molecule has 2 nitrogen and oxygen atoms in total. The maximum atomic E-state index is 8.67. The molecule has 0 saturated heterocycles. The molecular weight excluding hydrogens is 124 g/mol. The molecule has 10 heavy (non-hydrogen) atoms. The van der Waals surface area contributed by atoms with Gasteiger partial charge in [-0.15, -0.1) is 0 Å². The van der Waals surface area contributed by atoms with E-state index in [9.17, 15) is 0 Å². The number of nitrogens with one attached hydrogen (secondary N) is 1. The summed E-state index contributed by atoms with van der Waals surface area (Å²) in [4.78, 5) is 0. The lowest BCUT2D eigenvalue weighted by molar-refractivity contribution is 0.556. The number of hydrogen-bond acceptors (Lipinski definition) is 2. The van der Waals surface area contributed by atoms with Crippen molar-refractivity contribution in [1.29, 1.82) is 5.26 Å². The quantitative estimate of drug-likeness (QED) is 0.594. The molecule has 0 aromatic carbocycles. The highest BCUT2D eigenvalue weighted by Crippen LogP contribution is 2.43. The van der Waals surface area contributed by atoms with Crippen LogP contribution in [0, 0.1) is 16.7 Å². The van der Waals surface area contributed by atoms with Crippen molar-refractivity contribution in [3.05, 3.63) is 0 Å². The Balaban J connectivity index is 2.09. The van der Waals surface area contributed by atoms with E-state index < -0.39 is 0 Å². The molecule has 0 unspecified atom stereocenters. The summed E-state index contributed by atoms with van der Waals surface area (Å²) in [6.45, 7) is 4.08. The van der Waals surface area contributed by atoms with E-state index in [2.05, 4.69) is 18.3 Å². The summed E-state index contributed by atoms with van der Waals surface area (Å²) >= 11 is 0. The standard InChI is InChI=1S/C8H14N2/c1-2-5-10-7-8(6-9)3-4-8/h10H,2-5,7H2,1H3. The summed E-state index contributed by atoms with van der Waals surface area (Å²) in [6, 6.07) is 2.35. The fourth-order valence-corrected chi connectivity index (χ4v) is 0.983. The second kappa shape index (κ2) is 3.03. The second-order valence-electron chi connectivity index (χ2n) is 3.07. The molecule has 0 radical (unpaired) electrons. The maximum Gasteiger partial charge on any atom is 0.0703 e. The lowest BCUT2D eigenvalue weighted by atomic mass is 10.1. The summed E-state index contributed by atoms with van der Waals surface area (Å²) in [5.41, 5.74) is 0.0369. The average Bonchev–Trinajstić information content (AvgIpc) is 2.70. The highest BCUT2D eigenvalue weighted by Gasteiger charge is 2.42. The zero-order valence-corrected chi connectivity index (χ0v) is 6.48. The van der Waals surface area contributed by atoms with E-state index in [4.69, 9.17) is 5.26 Å². The summed E-state index contributed by atoms with van der Waals surface area (Å²) < 4.78 is 0. The van der Waals surface area contributed by atoms with Crippen molar-refractivity contribution < 1.29 is 0 Å². The Morgan fingerprint density at radius 1 is 1.60 bits per heavy atom. The minimum atomic E-state index is 0.0369. The highest BCUT2D eigenvalue weighted by atomic mass is 14.9. The molecule has 0 atom stereocenters. The van der Waals surface area contributed by atoms with Gasteiger partial charge < -0.3 is 5.32 Å². The Morgan fingerprint density at radius 2 is 2.30 bits per heavy atom. The monoisotopic (exact) mass is 138 g/mol. The SMILES string of the molecule is CCCNCC1(C#N)CC1. The molecule has 1 fully saturated rings. The summed E-state index contributed by atoms with van der Waals surface area (Å²) in [6.07, 6.45) is 3.35. The van der Waals surface area contributed by atoms with Crippen molar-refractivity contribution in [1.82, 2.24) is 5.32 Å². The molecule has 0 amide bonds.